The van der Waals surface area contributed by atoms with Crippen molar-refractivity contribution in [3.05, 3.63) is 46.3 Å². The molecule has 18 heavy (non-hydrogen) atoms. The van der Waals surface area contributed by atoms with E-state index < -0.39 is 10.9 Å². The summed E-state index contributed by atoms with van der Waals surface area (Å²) >= 11 is 0. The minimum absolute atomic E-state index is 0.158. The van der Waals surface area contributed by atoms with Crippen LogP contribution in [0.15, 0.2) is 30.5 Å². The van der Waals surface area contributed by atoms with Crippen LogP contribution in [0, 0.1) is 10.1 Å². The van der Waals surface area contributed by atoms with Gasteiger partial charge in [0, 0.05) is 6.07 Å². The molecular formula is C10H8N4O4. The number of para-hydroxylation sites is 2. The third kappa shape index (κ3) is 2.17. The average molecular weight is 248 g/mol. The summed E-state index contributed by atoms with van der Waals surface area (Å²) in [6, 6.07) is 5.93. The first-order valence-corrected chi connectivity index (χ1v) is 4.95. The molecule has 0 bridgehead atoms. The van der Waals surface area contributed by atoms with Gasteiger partial charge >= 0.3 is 5.97 Å². The van der Waals surface area contributed by atoms with Gasteiger partial charge in [-0.15, -0.1) is 5.10 Å². The van der Waals surface area contributed by atoms with Crippen molar-refractivity contribution in [2.45, 2.75) is 6.42 Å². The molecule has 0 saturated heterocycles. The molecule has 0 aliphatic rings. The number of aliphatic carboxylic acids is 1. The van der Waals surface area contributed by atoms with Crippen molar-refractivity contribution < 1.29 is 14.8 Å². The number of aromatic nitrogens is 3. The number of benzene rings is 1. The first-order valence-electron chi connectivity index (χ1n) is 4.95. The zero-order valence-electron chi connectivity index (χ0n) is 9.05. The standard InChI is InChI=1S/C10H8N4O4/c15-10(16)5-7-6-11-12-13(7)8-3-1-2-4-9(8)14(17)18/h1-4,6H,5H2,(H,15,16). The second-order valence-electron chi connectivity index (χ2n) is 3.45. The van der Waals surface area contributed by atoms with Gasteiger partial charge in [0.2, 0.25) is 0 Å². The Bertz CT molecular complexity index is 607. The summed E-state index contributed by atoms with van der Waals surface area (Å²) in [5.41, 5.74) is 0.308. The van der Waals surface area contributed by atoms with Gasteiger partial charge in [-0.05, 0) is 6.07 Å². The molecule has 0 aliphatic heterocycles. The molecule has 0 unspecified atom stereocenters. The number of carbonyl (C=O) groups is 1. The van der Waals surface area contributed by atoms with Crippen molar-refractivity contribution in [3.63, 3.8) is 0 Å². The van der Waals surface area contributed by atoms with Crippen LogP contribution in [0.3, 0.4) is 0 Å². The number of rotatable bonds is 4. The lowest BCUT2D eigenvalue weighted by molar-refractivity contribution is -0.384. The maximum Gasteiger partial charge on any atom is 0.309 e. The molecule has 0 atom stereocenters. The molecule has 2 rings (SSSR count). The van der Waals surface area contributed by atoms with E-state index in [0.717, 1.165) is 4.68 Å². The Morgan fingerprint density at radius 1 is 1.44 bits per heavy atom. The molecule has 1 N–H and O–H groups in total. The molecular weight excluding hydrogens is 240 g/mol. The molecule has 0 radical (unpaired) electrons. The number of nitro groups is 1. The topological polar surface area (TPSA) is 111 Å². The molecule has 1 aromatic carbocycles. The fourth-order valence-electron chi connectivity index (χ4n) is 1.53. The van der Waals surface area contributed by atoms with E-state index in [1.54, 1.807) is 6.07 Å². The lowest BCUT2D eigenvalue weighted by Crippen LogP contribution is -2.09. The molecule has 8 nitrogen and oxygen atoms in total. The number of hydrogen-bond donors (Lipinski definition) is 1. The zero-order chi connectivity index (χ0) is 13.1. The zero-order valence-corrected chi connectivity index (χ0v) is 9.05. The average Bonchev–Trinajstić information content (AvgIpc) is 2.76. The predicted octanol–water partition coefficient (Wildman–Crippen LogP) is 0.803. The normalized spacial score (nSPS) is 10.2. The number of nitrogens with zero attached hydrogens (tertiary/aromatic N) is 4. The fraction of sp³-hybridized carbons (Fsp3) is 0.100. The van der Waals surface area contributed by atoms with Gasteiger partial charge in [0.1, 0.15) is 5.69 Å². The minimum Gasteiger partial charge on any atom is -0.481 e. The van der Waals surface area contributed by atoms with E-state index in [0.29, 0.717) is 0 Å². The number of carboxylic acid groups (broad SMARTS) is 1. The van der Waals surface area contributed by atoms with Gasteiger partial charge < -0.3 is 5.11 Å². The van der Waals surface area contributed by atoms with Gasteiger partial charge in [-0.1, -0.05) is 17.3 Å². The highest BCUT2D eigenvalue weighted by Gasteiger charge is 2.18. The highest BCUT2D eigenvalue weighted by Crippen LogP contribution is 2.22. The number of carboxylic acids is 1. The van der Waals surface area contributed by atoms with Gasteiger partial charge in [0.05, 0.1) is 23.2 Å². The molecule has 2 aromatic rings. The van der Waals surface area contributed by atoms with Crippen LogP contribution in [0.5, 0.6) is 0 Å². The van der Waals surface area contributed by atoms with Gasteiger partial charge in [-0.3, -0.25) is 14.9 Å². The molecule has 1 heterocycles. The summed E-state index contributed by atoms with van der Waals surface area (Å²) in [6.07, 6.45) is 0.962. The third-order valence-corrected chi connectivity index (χ3v) is 2.26. The smallest absolute Gasteiger partial charge is 0.309 e. The van der Waals surface area contributed by atoms with Crippen LogP contribution < -0.4 is 0 Å². The Morgan fingerprint density at radius 3 is 2.83 bits per heavy atom. The minimum atomic E-state index is -1.06. The Morgan fingerprint density at radius 2 is 2.17 bits per heavy atom. The molecule has 0 fully saturated rings. The summed E-state index contributed by atoms with van der Waals surface area (Å²) in [5.74, 6) is -1.06. The summed E-state index contributed by atoms with van der Waals surface area (Å²) in [7, 11) is 0. The van der Waals surface area contributed by atoms with E-state index in [-0.39, 0.29) is 23.5 Å². The monoisotopic (exact) mass is 248 g/mol. The molecule has 0 saturated carbocycles. The highest BCUT2D eigenvalue weighted by molar-refractivity contribution is 5.70. The Hall–Kier alpha value is -2.77. The van der Waals surface area contributed by atoms with E-state index >= 15 is 0 Å². The maximum atomic E-state index is 10.9. The summed E-state index contributed by atoms with van der Waals surface area (Å²) in [5, 5.41) is 26.9. The second kappa shape index (κ2) is 4.62. The van der Waals surface area contributed by atoms with Gasteiger partial charge in [0.15, 0.2) is 0 Å². The van der Waals surface area contributed by atoms with Gasteiger partial charge in [-0.25, -0.2) is 4.68 Å². The van der Waals surface area contributed by atoms with Crippen molar-refractivity contribution in [2.24, 2.45) is 0 Å². The Kier molecular flexibility index (Phi) is 3.00. The van der Waals surface area contributed by atoms with Crippen LogP contribution >= 0.6 is 0 Å². The summed E-state index contributed by atoms with van der Waals surface area (Å²) in [4.78, 5) is 21.0. The van der Waals surface area contributed by atoms with Crippen LogP contribution in [-0.2, 0) is 11.2 Å². The van der Waals surface area contributed by atoms with Crippen molar-refractivity contribution in [1.82, 2.24) is 15.0 Å². The van der Waals surface area contributed by atoms with Crippen LogP contribution in [0.25, 0.3) is 5.69 Å². The van der Waals surface area contributed by atoms with E-state index in [1.165, 1.54) is 24.4 Å². The van der Waals surface area contributed by atoms with Crippen LogP contribution in [0.4, 0.5) is 5.69 Å². The van der Waals surface area contributed by atoms with Crippen LogP contribution in [-0.4, -0.2) is 31.0 Å². The molecule has 1 aromatic heterocycles. The van der Waals surface area contributed by atoms with E-state index in [2.05, 4.69) is 10.3 Å². The lowest BCUT2D eigenvalue weighted by Gasteiger charge is -2.04. The van der Waals surface area contributed by atoms with E-state index in [1.807, 2.05) is 0 Å². The first kappa shape index (κ1) is 11.7. The molecule has 0 spiro atoms. The van der Waals surface area contributed by atoms with E-state index in [9.17, 15) is 14.9 Å². The number of hydrogen-bond acceptors (Lipinski definition) is 5. The SMILES string of the molecule is O=C(O)Cc1cnnn1-c1ccccc1[N+](=O)[O-]. The Labute approximate surface area is 101 Å². The quantitative estimate of drug-likeness (QED) is 0.632. The number of nitro benzene ring substituents is 1. The molecule has 8 heteroatoms. The summed E-state index contributed by atoms with van der Waals surface area (Å²) in [6.45, 7) is 0. The van der Waals surface area contributed by atoms with Crippen LogP contribution in [0.1, 0.15) is 5.69 Å². The predicted molar refractivity (Wildman–Crippen MR) is 59.4 cm³/mol. The molecule has 92 valence electrons. The first-order chi connectivity index (χ1) is 8.59. The molecule has 0 amide bonds. The maximum absolute atomic E-state index is 10.9. The van der Waals surface area contributed by atoms with Crippen molar-refractivity contribution in [1.29, 1.82) is 0 Å². The van der Waals surface area contributed by atoms with Crippen molar-refractivity contribution in [3.8, 4) is 5.69 Å². The van der Waals surface area contributed by atoms with E-state index in [4.69, 9.17) is 5.11 Å². The second-order valence-corrected chi connectivity index (χ2v) is 3.45. The van der Waals surface area contributed by atoms with Gasteiger partial charge in [0.25, 0.3) is 5.69 Å². The summed E-state index contributed by atoms with van der Waals surface area (Å²) < 4.78 is 1.16. The molecule has 0 aliphatic carbocycles. The fourth-order valence-corrected chi connectivity index (χ4v) is 1.53. The van der Waals surface area contributed by atoms with Crippen molar-refractivity contribution in [2.75, 3.05) is 0 Å². The van der Waals surface area contributed by atoms with Crippen molar-refractivity contribution >= 4 is 11.7 Å². The van der Waals surface area contributed by atoms with Crippen LogP contribution in [0.2, 0.25) is 0 Å². The largest absolute Gasteiger partial charge is 0.481 e. The Balaban J connectivity index is 2.52. The third-order valence-electron chi connectivity index (χ3n) is 2.26. The van der Waals surface area contributed by atoms with Gasteiger partial charge in [-0.2, -0.15) is 0 Å². The lowest BCUT2D eigenvalue weighted by atomic mass is 10.2. The highest BCUT2D eigenvalue weighted by atomic mass is 16.6.